The van der Waals surface area contributed by atoms with Crippen molar-refractivity contribution in [3.63, 3.8) is 0 Å². The molecule has 1 aliphatic heterocycles. The Morgan fingerprint density at radius 3 is 2.35 bits per heavy atom. The van der Waals surface area contributed by atoms with Crippen molar-refractivity contribution < 1.29 is 9.59 Å². The van der Waals surface area contributed by atoms with E-state index in [2.05, 4.69) is 24.5 Å². The molecule has 1 saturated heterocycles. The minimum atomic E-state index is -0.368. The summed E-state index contributed by atoms with van der Waals surface area (Å²) in [5, 5.41) is 5.79. The van der Waals surface area contributed by atoms with Crippen molar-refractivity contribution in [1.82, 2.24) is 10.2 Å². The molecular formula is C18H27N3O2. The highest BCUT2D eigenvalue weighted by Crippen LogP contribution is 2.21. The number of hydrogen-bond donors (Lipinski definition) is 2. The minimum absolute atomic E-state index is 0.0668. The highest BCUT2D eigenvalue weighted by molar-refractivity contribution is 5.94. The molecule has 3 amide bonds. The van der Waals surface area contributed by atoms with Gasteiger partial charge in [-0.1, -0.05) is 26.0 Å². The average molecular weight is 317 g/mol. The Hall–Kier alpha value is -2.04. The molecule has 1 heterocycles. The number of urea groups is 1. The van der Waals surface area contributed by atoms with Crippen LogP contribution in [0.2, 0.25) is 0 Å². The molecular weight excluding hydrogens is 290 g/mol. The topological polar surface area (TPSA) is 61.4 Å². The van der Waals surface area contributed by atoms with Crippen LogP contribution in [0.4, 0.5) is 10.5 Å². The van der Waals surface area contributed by atoms with E-state index in [0.29, 0.717) is 12.5 Å². The number of hydrogen-bond acceptors (Lipinski definition) is 2. The maximum absolute atomic E-state index is 12.5. The van der Waals surface area contributed by atoms with Crippen molar-refractivity contribution in [2.45, 2.75) is 58.5 Å². The molecule has 126 valence electrons. The molecule has 2 N–H and O–H groups in total. The van der Waals surface area contributed by atoms with Gasteiger partial charge in [-0.2, -0.15) is 0 Å². The molecule has 1 aromatic rings. The molecule has 0 saturated carbocycles. The van der Waals surface area contributed by atoms with Gasteiger partial charge in [0.15, 0.2) is 0 Å². The second kappa shape index (κ2) is 7.49. The summed E-state index contributed by atoms with van der Waals surface area (Å²) in [6.45, 7) is 8.73. The quantitative estimate of drug-likeness (QED) is 0.895. The SMILES string of the molecule is CC(C)NC(=O)C1CCCN1C(=O)Nc1ccc(C(C)C)cc1. The molecule has 1 fully saturated rings. The highest BCUT2D eigenvalue weighted by Gasteiger charge is 2.34. The Labute approximate surface area is 138 Å². The Morgan fingerprint density at radius 1 is 1.13 bits per heavy atom. The third-order valence-electron chi connectivity index (χ3n) is 4.08. The second-order valence-electron chi connectivity index (χ2n) is 6.72. The van der Waals surface area contributed by atoms with Crippen LogP contribution in [-0.2, 0) is 4.79 Å². The summed E-state index contributed by atoms with van der Waals surface area (Å²) in [5.41, 5.74) is 1.99. The van der Waals surface area contributed by atoms with Crippen molar-refractivity contribution in [3.05, 3.63) is 29.8 Å². The molecule has 0 aliphatic carbocycles. The lowest BCUT2D eigenvalue weighted by Crippen LogP contribution is -2.48. The molecule has 5 heteroatoms. The molecule has 0 aromatic heterocycles. The van der Waals surface area contributed by atoms with Crippen LogP contribution in [0.25, 0.3) is 0 Å². The van der Waals surface area contributed by atoms with Gasteiger partial charge in [-0.05, 0) is 50.3 Å². The zero-order chi connectivity index (χ0) is 17.0. The average Bonchev–Trinajstić information content (AvgIpc) is 2.96. The van der Waals surface area contributed by atoms with Gasteiger partial charge >= 0.3 is 6.03 Å². The smallest absolute Gasteiger partial charge is 0.322 e. The van der Waals surface area contributed by atoms with E-state index in [1.165, 1.54) is 5.56 Å². The van der Waals surface area contributed by atoms with E-state index in [1.54, 1.807) is 4.90 Å². The highest BCUT2D eigenvalue weighted by atomic mass is 16.2. The van der Waals surface area contributed by atoms with E-state index in [1.807, 2.05) is 38.1 Å². The molecule has 1 aliphatic rings. The van der Waals surface area contributed by atoms with Gasteiger partial charge in [0.2, 0.25) is 5.91 Å². The predicted octanol–water partition coefficient (Wildman–Crippen LogP) is 3.33. The molecule has 2 rings (SSSR count). The van der Waals surface area contributed by atoms with E-state index in [-0.39, 0.29) is 24.0 Å². The van der Waals surface area contributed by atoms with E-state index in [4.69, 9.17) is 0 Å². The first-order chi connectivity index (χ1) is 10.9. The van der Waals surface area contributed by atoms with Crippen LogP contribution in [0.1, 0.15) is 52.0 Å². The number of likely N-dealkylation sites (tertiary alicyclic amines) is 1. The maximum atomic E-state index is 12.5. The van der Waals surface area contributed by atoms with E-state index >= 15 is 0 Å². The van der Waals surface area contributed by atoms with E-state index in [0.717, 1.165) is 18.5 Å². The molecule has 1 unspecified atom stereocenters. The van der Waals surface area contributed by atoms with E-state index < -0.39 is 0 Å². The molecule has 1 aromatic carbocycles. The summed E-state index contributed by atoms with van der Waals surface area (Å²) in [7, 11) is 0. The van der Waals surface area contributed by atoms with Gasteiger partial charge in [0, 0.05) is 18.3 Å². The van der Waals surface area contributed by atoms with Crippen molar-refractivity contribution in [2.24, 2.45) is 0 Å². The lowest BCUT2D eigenvalue weighted by atomic mass is 10.0. The maximum Gasteiger partial charge on any atom is 0.322 e. The summed E-state index contributed by atoms with van der Waals surface area (Å²) in [4.78, 5) is 26.3. The zero-order valence-corrected chi connectivity index (χ0v) is 14.4. The molecule has 0 spiro atoms. The second-order valence-corrected chi connectivity index (χ2v) is 6.72. The summed E-state index contributed by atoms with van der Waals surface area (Å²) < 4.78 is 0. The monoisotopic (exact) mass is 317 g/mol. The van der Waals surface area contributed by atoms with Gasteiger partial charge in [-0.15, -0.1) is 0 Å². The third-order valence-corrected chi connectivity index (χ3v) is 4.08. The third kappa shape index (κ3) is 4.47. The number of benzene rings is 1. The summed E-state index contributed by atoms with van der Waals surface area (Å²) >= 11 is 0. The zero-order valence-electron chi connectivity index (χ0n) is 14.4. The number of rotatable bonds is 4. The van der Waals surface area contributed by atoms with Crippen molar-refractivity contribution in [3.8, 4) is 0 Å². The fourth-order valence-electron chi connectivity index (χ4n) is 2.81. The number of carbonyl (C=O) groups excluding carboxylic acids is 2. The standard InChI is InChI=1S/C18H27N3O2/c1-12(2)14-7-9-15(10-8-14)20-18(23)21-11-5-6-16(21)17(22)19-13(3)4/h7-10,12-13,16H,5-6,11H2,1-4H3,(H,19,22)(H,20,23). The number of nitrogens with zero attached hydrogens (tertiary/aromatic N) is 1. The van der Waals surface area contributed by atoms with Crippen LogP contribution in [0.5, 0.6) is 0 Å². The number of carbonyl (C=O) groups is 2. The lowest BCUT2D eigenvalue weighted by Gasteiger charge is -2.25. The van der Waals surface area contributed by atoms with Gasteiger partial charge in [0.1, 0.15) is 6.04 Å². The van der Waals surface area contributed by atoms with Crippen molar-refractivity contribution >= 4 is 17.6 Å². The molecule has 5 nitrogen and oxygen atoms in total. The largest absolute Gasteiger partial charge is 0.352 e. The first kappa shape index (κ1) is 17.3. The first-order valence-electron chi connectivity index (χ1n) is 8.36. The summed E-state index contributed by atoms with van der Waals surface area (Å²) in [6, 6.07) is 7.37. The minimum Gasteiger partial charge on any atom is -0.352 e. The summed E-state index contributed by atoms with van der Waals surface area (Å²) in [6.07, 6.45) is 1.58. The number of anilines is 1. The normalized spacial score (nSPS) is 17.7. The fraction of sp³-hybridized carbons (Fsp3) is 0.556. The van der Waals surface area contributed by atoms with Crippen LogP contribution in [-0.4, -0.2) is 35.5 Å². The number of nitrogens with one attached hydrogen (secondary N) is 2. The van der Waals surface area contributed by atoms with Gasteiger partial charge in [0.25, 0.3) is 0 Å². The van der Waals surface area contributed by atoms with Gasteiger partial charge in [-0.25, -0.2) is 4.79 Å². The van der Waals surface area contributed by atoms with Crippen LogP contribution >= 0.6 is 0 Å². The van der Waals surface area contributed by atoms with Crippen LogP contribution in [0.3, 0.4) is 0 Å². The van der Waals surface area contributed by atoms with Gasteiger partial charge in [-0.3, -0.25) is 4.79 Å². The van der Waals surface area contributed by atoms with Gasteiger partial charge < -0.3 is 15.5 Å². The van der Waals surface area contributed by atoms with Crippen molar-refractivity contribution in [1.29, 1.82) is 0 Å². The van der Waals surface area contributed by atoms with Crippen LogP contribution < -0.4 is 10.6 Å². The molecule has 0 bridgehead atoms. The molecule has 1 atom stereocenters. The lowest BCUT2D eigenvalue weighted by molar-refractivity contribution is -0.125. The predicted molar refractivity (Wildman–Crippen MR) is 92.6 cm³/mol. The number of amides is 3. The van der Waals surface area contributed by atoms with Gasteiger partial charge in [0.05, 0.1) is 0 Å². The fourth-order valence-corrected chi connectivity index (χ4v) is 2.81. The Morgan fingerprint density at radius 2 is 1.78 bits per heavy atom. The Kier molecular flexibility index (Phi) is 5.64. The van der Waals surface area contributed by atoms with Crippen LogP contribution in [0, 0.1) is 0 Å². The van der Waals surface area contributed by atoms with Crippen LogP contribution in [0.15, 0.2) is 24.3 Å². The van der Waals surface area contributed by atoms with E-state index in [9.17, 15) is 9.59 Å². The Balaban J connectivity index is 2.00. The van der Waals surface area contributed by atoms with Crippen molar-refractivity contribution in [2.75, 3.05) is 11.9 Å². The Bertz CT molecular complexity index is 552. The first-order valence-corrected chi connectivity index (χ1v) is 8.36. The molecule has 0 radical (unpaired) electrons. The summed E-state index contributed by atoms with van der Waals surface area (Å²) in [5.74, 6) is 0.394. The molecule has 23 heavy (non-hydrogen) atoms.